The molecule has 0 saturated carbocycles. The highest BCUT2D eigenvalue weighted by Gasteiger charge is 2.17. The SMILES string of the molecule is Cc1cn2cc(-c3cc4ccc(C5=CCN(C(C)C)CC5)cc4oc3=O)nc2c(C)n1. The van der Waals surface area contributed by atoms with Gasteiger partial charge in [0.15, 0.2) is 5.65 Å². The van der Waals surface area contributed by atoms with Crippen molar-refractivity contribution in [3.8, 4) is 11.3 Å². The van der Waals surface area contributed by atoms with Crippen molar-refractivity contribution in [2.24, 2.45) is 0 Å². The molecule has 0 bridgehead atoms. The molecule has 0 radical (unpaired) electrons. The second-order valence-electron chi connectivity index (χ2n) is 8.59. The molecule has 0 atom stereocenters. The van der Waals surface area contributed by atoms with Crippen LogP contribution < -0.4 is 5.63 Å². The lowest BCUT2D eigenvalue weighted by atomic mass is 9.97. The van der Waals surface area contributed by atoms with Crippen molar-refractivity contribution >= 4 is 22.2 Å². The van der Waals surface area contributed by atoms with E-state index in [0.29, 0.717) is 22.9 Å². The first-order valence-corrected chi connectivity index (χ1v) is 10.7. The zero-order valence-corrected chi connectivity index (χ0v) is 18.3. The van der Waals surface area contributed by atoms with Crippen LogP contribution in [0.4, 0.5) is 0 Å². The van der Waals surface area contributed by atoms with Crippen LogP contribution in [0.25, 0.3) is 33.4 Å². The predicted molar refractivity (Wildman–Crippen MR) is 123 cm³/mol. The summed E-state index contributed by atoms with van der Waals surface area (Å²) >= 11 is 0. The minimum atomic E-state index is -0.376. The van der Waals surface area contributed by atoms with Crippen LogP contribution in [0.2, 0.25) is 0 Å². The lowest BCUT2D eigenvalue weighted by Crippen LogP contribution is -2.34. The molecule has 4 aromatic rings. The number of nitrogens with zero attached hydrogens (tertiary/aromatic N) is 4. The molecule has 1 aliphatic heterocycles. The number of rotatable bonds is 3. The molecule has 3 aromatic heterocycles. The monoisotopic (exact) mass is 414 g/mol. The summed E-state index contributed by atoms with van der Waals surface area (Å²) in [5, 5.41) is 0.890. The van der Waals surface area contributed by atoms with Crippen molar-refractivity contribution in [2.75, 3.05) is 13.1 Å². The number of benzene rings is 1. The van der Waals surface area contributed by atoms with Gasteiger partial charge < -0.3 is 8.82 Å². The highest BCUT2D eigenvalue weighted by molar-refractivity contribution is 5.85. The topological polar surface area (TPSA) is 63.6 Å². The first-order chi connectivity index (χ1) is 14.9. The first-order valence-electron chi connectivity index (χ1n) is 10.7. The Bertz CT molecular complexity index is 1390. The molecular weight excluding hydrogens is 388 g/mol. The van der Waals surface area contributed by atoms with E-state index in [1.165, 1.54) is 5.57 Å². The Labute approximate surface area is 180 Å². The summed E-state index contributed by atoms with van der Waals surface area (Å²) in [6, 6.07) is 8.55. The van der Waals surface area contributed by atoms with Gasteiger partial charge in [-0.05, 0) is 57.4 Å². The zero-order chi connectivity index (χ0) is 21.7. The number of aryl methyl sites for hydroxylation is 2. The van der Waals surface area contributed by atoms with Crippen LogP contribution in [-0.2, 0) is 0 Å². The Morgan fingerprint density at radius 1 is 1.10 bits per heavy atom. The molecule has 0 saturated heterocycles. The molecule has 0 fully saturated rings. The van der Waals surface area contributed by atoms with E-state index in [1.807, 2.05) is 48.8 Å². The molecule has 4 heterocycles. The van der Waals surface area contributed by atoms with Gasteiger partial charge in [0.25, 0.3) is 0 Å². The van der Waals surface area contributed by atoms with E-state index in [9.17, 15) is 4.79 Å². The number of hydrogen-bond donors (Lipinski definition) is 0. The Morgan fingerprint density at radius 2 is 1.94 bits per heavy atom. The second kappa shape index (κ2) is 7.46. The van der Waals surface area contributed by atoms with Gasteiger partial charge in [-0.25, -0.2) is 9.78 Å². The maximum atomic E-state index is 12.8. The van der Waals surface area contributed by atoms with Gasteiger partial charge >= 0.3 is 5.63 Å². The average molecular weight is 415 g/mol. The molecule has 6 nitrogen and oxygen atoms in total. The van der Waals surface area contributed by atoms with E-state index in [1.54, 1.807) is 0 Å². The van der Waals surface area contributed by atoms with Crippen molar-refractivity contribution in [1.82, 2.24) is 19.3 Å². The number of aromatic nitrogens is 3. The molecule has 0 unspecified atom stereocenters. The minimum absolute atomic E-state index is 0.376. The predicted octanol–water partition coefficient (Wildman–Crippen LogP) is 4.62. The van der Waals surface area contributed by atoms with Gasteiger partial charge in [-0.1, -0.05) is 18.2 Å². The van der Waals surface area contributed by atoms with Crippen LogP contribution in [0.5, 0.6) is 0 Å². The van der Waals surface area contributed by atoms with Crippen LogP contribution in [0.1, 0.15) is 37.2 Å². The molecule has 0 N–H and O–H groups in total. The summed E-state index contributed by atoms with van der Waals surface area (Å²) in [4.78, 5) is 24.4. The average Bonchev–Trinajstić information content (AvgIpc) is 3.17. The Morgan fingerprint density at radius 3 is 2.68 bits per heavy atom. The lowest BCUT2D eigenvalue weighted by Gasteiger charge is -2.29. The van der Waals surface area contributed by atoms with E-state index in [0.717, 1.165) is 47.5 Å². The number of hydrogen-bond acceptors (Lipinski definition) is 5. The largest absolute Gasteiger partial charge is 0.422 e. The van der Waals surface area contributed by atoms with Crippen molar-refractivity contribution in [3.05, 3.63) is 70.1 Å². The highest BCUT2D eigenvalue weighted by Crippen LogP contribution is 2.28. The number of fused-ring (bicyclic) bond motifs is 2. The molecule has 1 aliphatic rings. The normalized spacial score (nSPS) is 15.2. The third-order valence-corrected chi connectivity index (χ3v) is 6.08. The van der Waals surface area contributed by atoms with Crippen LogP contribution >= 0.6 is 0 Å². The molecular formula is C25H26N4O2. The fraction of sp³-hybridized carbons (Fsp3) is 0.320. The molecule has 6 heteroatoms. The maximum absolute atomic E-state index is 12.8. The van der Waals surface area contributed by atoms with Gasteiger partial charge in [0.2, 0.25) is 0 Å². The van der Waals surface area contributed by atoms with Crippen LogP contribution in [-0.4, -0.2) is 38.4 Å². The van der Waals surface area contributed by atoms with Crippen LogP contribution in [0.3, 0.4) is 0 Å². The standard InChI is InChI=1S/C25H26N4O2/c1-15(2)28-9-7-18(8-10-28)19-5-6-20-11-21(25(30)31-23(20)12-19)22-14-29-13-16(3)26-17(4)24(29)27-22/h5-7,11-15H,8-10H2,1-4H3. The van der Waals surface area contributed by atoms with Gasteiger partial charge in [0, 0.05) is 36.9 Å². The van der Waals surface area contributed by atoms with Crippen LogP contribution in [0.15, 0.2) is 51.9 Å². The molecule has 0 spiro atoms. The lowest BCUT2D eigenvalue weighted by molar-refractivity contribution is 0.245. The van der Waals surface area contributed by atoms with Gasteiger partial charge in [-0.3, -0.25) is 9.88 Å². The summed E-state index contributed by atoms with van der Waals surface area (Å²) in [6.07, 6.45) is 7.05. The Balaban J connectivity index is 1.53. The summed E-state index contributed by atoms with van der Waals surface area (Å²) in [5.74, 6) is 0. The third-order valence-electron chi connectivity index (χ3n) is 6.08. The quantitative estimate of drug-likeness (QED) is 0.458. The maximum Gasteiger partial charge on any atom is 0.345 e. The smallest absolute Gasteiger partial charge is 0.345 e. The molecule has 31 heavy (non-hydrogen) atoms. The highest BCUT2D eigenvalue weighted by atomic mass is 16.4. The van der Waals surface area contributed by atoms with Gasteiger partial charge in [-0.15, -0.1) is 0 Å². The fourth-order valence-electron chi connectivity index (χ4n) is 4.34. The summed E-state index contributed by atoms with van der Waals surface area (Å²) in [5.41, 5.74) is 6.20. The number of imidazole rings is 1. The Hall–Kier alpha value is -3.25. The van der Waals surface area contributed by atoms with E-state index in [4.69, 9.17) is 4.42 Å². The van der Waals surface area contributed by atoms with Gasteiger partial charge in [0.05, 0.1) is 22.6 Å². The van der Waals surface area contributed by atoms with Crippen LogP contribution in [0, 0.1) is 13.8 Å². The van der Waals surface area contributed by atoms with E-state index in [-0.39, 0.29) is 5.63 Å². The molecule has 0 amide bonds. The fourth-order valence-corrected chi connectivity index (χ4v) is 4.34. The molecule has 0 aliphatic carbocycles. The summed E-state index contributed by atoms with van der Waals surface area (Å²) in [6.45, 7) is 10.3. The van der Waals surface area contributed by atoms with E-state index < -0.39 is 0 Å². The Kier molecular flexibility index (Phi) is 4.74. The van der Waals surface area contributed by atoms with Gasteiger partial charge in [0.1, 0.15) is 5.58 Å². The molecule has 5 rings (SSSR count). The molecule has 1 aromatic carbocycles. The zero-order valence-electron chi connectivity index (χ0n) is 18.3. The summed E-state index contributed by atoms with van der Waals surface area (Å²) < 4.78 is 7.64. The van der Waals surface area contributed by atoms with Crippen molar-refractivity contribution in [2.45, 2.75) is 40.2 Å². The third kappa shape index (κ3) is 3.57. The minimum Gasteiger partial charge on any atom is -0.422 e. The van der Waals surface area contributed by atoms with Crippen molar-refractivity contribution in [1.29, 1.82) is 0 Å². The van der Waals surface area contributed by atoms with Crippen molar-refractivity contribution in [3.63, 3.8) is 0 Å². The van der Waals surface area contributed by atoms with Gasteiger partial charge in [-0.2, -0.15) is 0 Å². The summed E-state index contributed by atoms with van der Waals surface area (Å²) in [7, 11) is 0. The molecule has 158 valence electrons. The second-order valence-corrected chi connectivity index (χ2v) is 8.59. The first kappa shape index (κ1) is 19.7. The van der Waals surface area contributed by atoms with E-state index in [2.05, 4.69) is 40.9 Å². The van der Waals surface area contributed by atoms with Crippen molar-refractivity contribution < 1.29 is 4.42 Å². The van der Waals surface area contributed by atoms with E-state index >= 15 is 0 Å².